The van der Waals surface area contributed by atoms with Gasteiger partial charge in [0.05, 0.1) is 12.0 Å². The van der Waals surface area contributed by atoms with E-state index in [-0.39, 0.29) is 28.1 Å². The first kappa shape index (κ1) is 24.1. The van der Waals surface area contributed by atoms with Gasteiger partial charge < -0.3 is 23.4 Å². The molecule has 0 unspecified atom stereocenters. The Morgan fingerprint density at radius 1 is 0.967 bits per heavy atom. The molecule has 0 radical (unpaired) electrons. The lowest BCUT2D eigenvalue weighted by atomic mass is 9.69. The summed E-state index contributed by atoms with van der Waals surface area (Å²) in [6, 6.07) is 0. The second-order valence-electron chi connectivity index (χ2n) is 10.7. The Kier molecular flexibility index (Phi) is 6.28. The summed E-state index contributed by atoms with van der Waals surface area (Å²) in [5, 5.41) is 14.7. The van der Waals surface area contributed by atoms with Crippen LogP contribution in [0, 0.1) is 0 Å². The van der Waals surface area contributed by atoms with Crippen LogP contribution in [0.4, 0.5) is 0 Å². The van der Waals surface area contributed by atoms with Gasteiger partial charge in [0.1, 0.15) is 17.8 Å². The Bertz CT molecular complexity index is 684. The van der Waals surface area contributed by atoms with Crippen molar-refractivity contribution >= 4 is 23.0 Å². The second-order valence-corrected chi connectivity index (χ2v) is 19.5. The van der Waals surface area contributed by atoms with Crippen LogP contribution in [0.1, 0.15) is 75.2 Å². The van der Waals surface area contributed by atoms with Gasteiger partial charge in [-0.15, -0.1) is 0 Å². The molecule has 2 fully saturated rings. The van der Waals surface area contributed by atoms with E-state index in [9.17, 15) is 9.90 Å². The molecule has 6 nitrogen and oxygen atoms in total. The van der Waals surface area contributed by atoms with Gasteiger partial charge >= 0.3 is 17.1 Å². The largest absolute Gasteiger partial charge is 0.414 e. The highest BCUT2D eigenvalue weighted by Gasteiger charge is 2.68. The molecule has 4 atom stereocenters. The number of nitrogens with one attached hydrogen (secondary N) is 1. The number of carbonyl (C=O) groups is 1. The molecule has 8 heteroatoms. The molecule has 30 heavy (non-hydrogen) atoms. The van der Waals surface area contributed by atoms with Gasteiger partial charge in [-0.3, -0.25) is 4.79 Å². The second kappa shape index (κ2) is 7.81. The molecule has 2 aliphatic heterocycles. The van der Waals surface area contributed by atoms with Gasteiger partial charge in [-0.1, -0.05) is 74.5 Å². The summed E-state index contributed by atoms with van der Waals surface area (Å²) >= 11 is 0. The van der Waals surface area contributed by atoms with Crippen molar-refractivity contribution in [3.05, 3.63) is 12.2 Å². The van der Waals surface area contributed by atoms with Crippen LogP contribution in [-0.4, -0.2) is 51.5 Å². The quantitative estimate of drug-likeness (QED) is 0.367. The molecule has 1 aliphatic carbocycles. The van der Waals surface area contributed by atoms with Crippen LogP contribution in [0.2, 0.25) is 22.2 Å². The Morgan fingerprint density at radius 3 is 1.77 bits per heavy atom. The Balaban J connectivity index is 2.25. The van der Waals surface area contributed by atoms with Crippen molar-refractivity contribution in [3.8, 4) is 0 Å². The molecule has 0 saturated carbocycles. The third-order valence-corrected chi connectivity index (χ3v) is 17.7. The van der Waals surface area contributed by atoms with Gasteiger partial charge in [0, 0.05) is 0 Å². The zero-order valence-electron chi connectivity index (χ0n) is 20.1. The van der Waals surface area contributed by atoms with Crippen molar-refractivity contribution in [1.82, 2.24) is 5.32 Å². The highest BCUT2D eigenvalue weighted by molar-refractivity contribution is 6.84. The van der Waals surface area contributed by atoms with E-state index >= 15 is 0 Å². The highest BCUT2D eigenvalue weighted by atomic mass is 28.5. The third-order valence-electron chi connectivity index (χ3n) is 7.50. The molecular weight excluding hydrogens is 414 g/mol. The predicted molar refractivity (Wildman–Crippen MR) is 123 cm³/mol. The molecule has 0 aromatic rings. The normalized spacial score (nSPS) is 37.5. The fourth-order valence-electron chi connectivity index (χ4n) is 5.49. The van der Waals surface area contributed by atoms with Crippen LogP contribution in [0.3, 0.4) is 0 Å². The van der Waals surface area contributed by atoms with E-state index in [1.807, 2.05) is 19.1 Å². The van der Waals surface area contributed by atoms with E-state index in [1.54, 1.807) is 0 Å². The number of carbonyl (C=O) groups excluding carboxylic acids is 1. The molecule has 1 spiro atoms. The maximum atomic E-state index is 12.0. The van der Waals surface area contributed by atoms with E-state index in [0.717, 1.165) is 0 Å². The summed E-state index contributed by atoms with van der Waals surface area (Å²) < 4.78 is 21.3. The summed E-state index contributed by atoms with van der Waals surface area (Å²) in [7, 11) is -5.59. The molecule has 2 heterocycles. The molecule has 172 valence electrons. The number of β-lactam (4-membered cyclic amide) rings is 1. The van der Waals surface area contributed by atoms with Crippen LogP contribution < -0.4 is 5.32 Å². The highest BCUT2D eigenvalue weighted by Crippen LogP contribution is 2.53. The summed E-state index contributed by atoms with van der Waals surface area (Å²) in [6.07, 6.45) is 3.60. The maximum absolute atomic E-state index is 12.0. The number of amides is 1. The number of hydrogen-bond acceptors (Lipinski definition) is 5. The fourth-order valence-corrected chi connectivity index (χ4v) is 16.8. The topological polar surface area (TPSA) is 77.0 Å². The van der Waals surface area contributed by atoms with Crippen molar-refractivity contribution in [3.63, 3.8) is 0 Å². The minimum Gasteiger partial charge on any atom is -0.414 e. The smallest absolute Gasteiger partial charge is 0.335 e. The van der Waals surface area contributed by atoms with Crippen LogP contribution in [0.15, 0.2) is 12.2 Å². The van der Waals surface area contributed by atoms with Crippen molar-refractivity contribution in [1.29, 1.82) is 0 Å². The van der Waals surface area contributed by atoms with Crippen LogP contribution >= 0.6 is 0 Å². The van der Waals surface area contributed by atoms with Gasteiger partial charge in [0.25, 0.3) is 0 Å². The van der Waals surface area contributed by atoms with Gasteiger partial charge in [-0.2, -0.15) is 0 Å². The maximum Gasteiger partial charge on any atom is 0.335 e. The SMILES string of the molecule is CC[C@]1(O)C=C[C@]2(CC(=O)N2)[C@@H]2O[Si](C(C)C)(C(C)C)O[Si](C(C)C)(C(C)C)O[C@@H]21. The van der Waals surface area contributed by atoms with Gasteiger partial charge in [-0.25, -0.2) is 0 Å². The third kappa shape index (κ3) is 3.38. The molecule has 3 aliphatic rings. The van der Waals surface area contributed by atoms with Crippen LogP contribution in [0.5, 0.6) is 0 Å². The lowest BCUT2D eigenvalue weighted by Gasteiger charge is -2.55. The van der Waals surface area contributed by atoms with E-state index in [0.29, 0.717) is 12.8 Å². The zero-order chi connectivity index (χ0) is 22.7. The van der Waals surface area contributed by atoms with Gasteiger partial charge in [-0.05, 0) is 28.6 Å². The number of rotatable bonds is 5. The molecule has 1 amide bonds. The summed E-state index contributed by atoms with van der Waals surface area (Å²) in [5.74, 6) is 0.00620. The molecule has 2 saturated heterocycles. The lowest BCUT2D eigenvalue weighted by Crippen LogP contribution is -2.75. The molecule has 0 bridgehead atoms. The number of fused-ring (bicyclic) bond motifs is 2. The summed E-state index contributed by atoms with van der Waals surface area (Å²) in [5.41, 5.74) is -0.978. The monoisotopic (exact) mass is 455 g/mol. The minimum atomic E-state index is -2.80. The Morgan fingerprint density at radius 2 is 1.40 bits per heavy atom. The van der Waals surface area contributed by atoms with E-state index in [2.05, 4.69) is 60.7 Å². The van der Waals surface area contributed by atoms with Crippen molar-refractivity contribution < 1.29 is 22.9 Å². The van der Waals surface area contributed by atoms with E-state index < -0.39 is 40.5 Å². The molecule has 3 rings (SSSR count). The standard InChI is InChI=1S/C22H41NO5Si2/c1-10-22(25)12-11-21(13-18(24)23-21)19-20(22)27-30(16(6)7,17(8)9)28-29(26-19,14(2)3)15(4)5/h11-12,14-17,19-20,25H,10,13H2,1-9H3,(H,23,24)/t19-,20+,21+,22+/m1/s1. The van der Waals surface area contributed by atoms with Crippen molar-refractivity contribution in [2.45, 2.75) is 121 Å². The molecule has 2 N–H and O–H groups in total. The van der Waals surface area contributed by atoms with Gasteiger partial charge in [0.15, 0.2) is 0 Å². The Hall–Kier alpha value is -0.516. The van der Waals surface area contributed by atoms with Crippen LogP contribution in [0.25, 0.3) is 0 Å². The predicted octanol–water partition coefficient (Wildman–Crippen LogP) is 4.28. The first-order valence-corrected chi connectivity index (χ1v) is 15.5. The average Bonchev–Trinajstić information content (AvgIpc) is 2.81. The molecule has 0 aromatic heterocycles. The molecular formula is C22H41NO5Si2. The first-order chi connectivity index (χ1) is 13.8. The van der Waals surface area contributed by atoms with E-state index in [1.165, 1.54) is 0 Å². The zero-order valence-corrected chi connectivity index (χ0v) is 22.1. The van der Waals surface area contributed by atoms with Crippen LogP contribution in [-0.2, 0) is 17.8 Å². The first-order valence-electron chi connectivity index (χ1n) is 11.6. The Labute approximate surface area is 184 Å². The average molecular weight is 456 g/mol. The lowest BCUT2D eigenvalue weighted by molar-refractivity contribution is -0.150. The van der Waals surface area contributed by atoms with Crippen molar-refractivity contribution in [2.75, 3.05) is 0 Å². The molecule has 0 aromatic carbocycles. The van der Waals surface area contributed by atoms with Crippen molar-refractivity contribution in [2.24, 2.45) is 0 Å². The van der Waals surface area contributed by atoms with E-state index in [4.69, 9.17) is 13.0 Å². The number of aliphatic hydroxyl groups is 1. The van der Waals surface area contributed by atoms with Gasteiger partial charge in [0.2, 0.25) is 5.91 Å². The minimum absolute atomic E-state index is 0.00620. The number of hydrogen-bond donors (Lipinski definition) is 2. The fraction of sp³-hybridized carbons (Fsp3) is 0.864. The summed E-state index contributed by atoms with van der Waals surface area (Å²) in [6.45, 7) is 19.4. The summed E-state index contributed by atoms with van der Waals surface area (Å²) in [4.78, 5) is 12.0.